The molecule has 2 aliphatic heterocycles. The van der Waals surface area contributed by atoms with Crippen LogP contribution in [0.2, 0.25) is 0 Å². The molecule has 10 heteroatoms. The second-order valence-electron chi connectivity index (χ2n) is 37.3. The molecule has 0 N–H and O–H groups in total. The van der Waals surface area contributed by atoms with Crippen LogP contribution in [0.4, 0.5) is 47.3 Å². The lowest BCUT2D eigenvalue weighted by molar-refractivity contribution is -0.137. The maximum Gasteiger partial charge on any atom is 0.416 e. The van der Waals surface area contributed by atoms with Gasteiger partial charge in [0.05, 0.1) is 22.3 Å². The Morgan fingerprint density at radius 2 is 0.576 bits per heavy atom. The molecule has 0 amide bonds. The van der Waals surface area contributed by atoms with Gasteiger partial charge in [-0.3, -0.25) is 0 Å². The molecule has 582 valence electrons. The number of hydrogen-bond acceptors (Lipinski definition) is 5. The van der Waals surface area contributed by atoms with Gasteiger partial charge in [-0.1, -0.05) is 322 Å². The summed E-state index contributed by atoms with van der Waals surface area (Å²) in [6, 6.07) is 110. The van der Waals surface area contributed by atoms with Crippen LogP contribution in [0.1, 0.15) is 137 Å². The smallest absolute Gasteiger partial charge is 0.311 e. The van der Waals surface area contributed by atoms with Gasteiger partial charge >= 0.3 is 6.18 Å². The van der Waals surface area contributed by atoms with Gasteiger partial charge in [-0.2, -0.15) is 13.2 Å². The first-order chi connectivity index (χ1) is 56.2. The summed E-state index contributed by atoms with van der Waals surface area (Å²) >= 11 is 0. The van der Waals surface area contributed by atoms with Gasteiger partial charge in [0.2, 0.25) is 0 Å². The lowest BCUT2D eigenvalue weighted by Gasteiger charge is -2.45. The molecule has 0 fully saturated rings. The van der Waals surface area contributed by atoms with Crippen LogP contribution in [-0.2, 0) is 33.3 Å². The third kappa shape index (κ3) is 14.2. The molecule has 18 rings (SSSR count). The molecule has 4 heterocycles. The van der Waals surface area contributed by atoms with E-state index in [-0.39, 0.29) is 45.2 Å². The van der Waals surface area contributed by atoms with Crippen molar-refractivity contribution < 1.29 is 13.2 Å². The third-order valence-corrected chi connectivity index (χ3v) is 24.0. The van der Waals surface area contributed by atoms with E-state index in [2.05, 4.69) is 349 Å². The van der Waals surface area contributed by atoms with Gasteiger partial charge in [0.25, 0.3) is 6.71 Å². The van der Waals surface area contributed by atoms with E-state index in [0.29, 0.717) is 28.5 Å². The number of hydrogen-bond donors (Lipinski definition) is 0. The number of halogens is 3. The largest absolute Gasteiger partial charge is 0.416 e. The van der Waals surface area contributed by atoms with Crippen LogP contribution in [0, 0.1) is 0 Å². The molecule has 14 aromatic carbocycles. The van der Waals surface area contributed by atoms with Gasteiger partial charge in [-0.25, -0.2) is 15.0 Å². The summed E-state index contributed by atoms with van der Waals surface area (Å²) in [5, 5.41) is 1.86. The zero-order chi connectivity index (χ0) is 82.3. The summed E-state index contributed by atoms with van der Waals surface area (Å²) in [6.07, 6.45) is -4.70. The van der Waals surface area contributed by atoms with Crippen LogP contribution in [0.15, 0.2) is 309 Å². The SMILES string of the molecule is CC(C)(C)c1cc(-c2ccc3c(c2)N(c2ccc(-c4ccccc4)cc2)c2cc(-c4ccc5c(c4)c4cc(C(C)(C)C)ccc4n5-c4ccc(C(F)(F)F)cc4-c4nc(-c5ccccc5)nc(-c5ccccc5)n4)cc4c2B3c2ccc(-c3cc(C(C)(C)C)cc(C(C)(C)C)c3)cc2N4c2ccc(-c3ccccc3)cc2)cc(C(C)(C)C)c1. The second-order valence-corrected chi connectivity index (χ2v) is 37.3. The highest BCUT2D eigenvalue weighted by Gasteiger charge is 2.45. The molecule has 0 bridgehead atoms. The fraction of sp³-hybridized carbons (Fsp3) is 0.194. The van der Waals surface area contributed by atoms with E-state index in [4.69, 9.17) is 15.0 Å². The maximum absolute atomic E-state index is 15.6. The van der Waals surface area contributed by atoms with Crippen LogP contribution in [0.25, 0.3) is 117 Å². The number of benzene rings is 14. The highest BCUT2D eigenvalue weighted by molar-refractivity contribution is 7.00. The van der Waals surface area contributed by atoms with Crippen molar-refractivity contribution in [3.63, 3.8) is 0 Å². The minimum absolute atomic E-state index is 0.107. The van der Waals surface area contributed by atoms with E-state index in [1.807, 2.05) is 60.7 Å². The van der Waals surface area contributed by atoms with E-state index in [9.17, 15) is 0 Å². The molecule has 0 saturated carbocycles. The van der Waals surface area contributed by atoms with E-state index < -0.39 is 11.7 Å². The predicted octanol–water partition coefficient (Wildman–Crippen LogP) is 27.9. The van der Waals surface area contributed by atoms with Crippen molar-refractivity contribution in [1.82, 2.24) is 19.5 Å². The first-order valence-electron chi connectivity index (χ1n) is 41.1. The Hall–Kier alpha value is -12.7. The lowest BCUT2D eigenvalue weighted by Crippen LogP contribution is -2.61. The molecule has 2 aliphatic rings. The molecule has 0 unspecified atom stereocenters. The molecular weight excluding hydrogens is 1450 g/mol. The van der Waals surface area contributed by atoms with Crippen molar-refractivity contribution in [2.24, 2.45) is 0 Å². The van der Waals surface area contributed by atoms with Crippen molar-refractivity contribution in [2.75, 3.05) is 9.80 Å². The molecule has 0 radical (unpaired) electrons. The molecule has 0 spiro atoms. The lowest BCUT2D eigenvalue weighted by atomic mass is 9.33. The minimum Gasteiger partial charge on any atom is -0.311 e. The fourth-order valence-electron chi connectivity index (χ4n) is 17.2. The standard InChI is InChI=1S/C108H96BF3N6/c1-103(2,3)79-43-52-93-88(65-79)87-58-73(42-51-92(87)118(93)94-53-44-80(108(110,111)112)66-89(94)102-114-100(71-32-24-18-25-33-71)113-101(115-102)72-34-26-19-27-35-72)78-61-97-99-98(62-78)117(86-47-38-70(39-48-86)68-30-22-17-23-31-68)96-60-75(77-56-83(106(10,11)12)64-84(57-77)107(13,14)15)41-50-91(96)109(99)90-49-40-74(76-54-81(104(4,5)6)63-82(55-76)105(7,8)9)59-95(90)116(97)85-45-36-69(37-46-85)67-28-20-16-21-29-67/h16-66H,1-15H3. The number of nitrogens with zero attached hydrogens (tertiary/aromatic N) is 6. The summed E-state index contributed by atoms with van der Waals surface area (Å²) in [5.74, 6) is 0.781. The quantitative estimate of drug-likeness (QED) is 0.121. The Bertz CT molecular complexity index is 6240. The number of alkyl halides is 3. The minimum atomic E-state index is -4.70. The first kappa shape index (κ1) is 76.6. The zero-order valence-electron chi connectivity index (χ0n) is 69.8. The van der Waals surface area contributed by atoms with Crippen LogP contribution in [0.3, 0.4) is 0 Å². The topological polar surface area (TPSA) is 50.1 Å². The summed E-state index contributed by atoms with van der Waals surface area (Å²) < 4.78 is 48.8. The van der Waals surface area contributed by atoms with E-state index in [1.165, 1.54) is 61.9 Å². The van der Waals surface area contributed by atoms with Crippen LogP contribution in [-0.4, -0.2) is 26.2 Å². The van der Waals surface area contributed by atoms with E-state index in [1.54, 1.807) is 6.07 Å². The normalized spacial score (nSPS) is 13.1. The number of aromatic nitrogens is 4. The Kier molecular flexibility index (Phi) is 18.6. The summed E-state index contributed by atoms with van der Waals surface area (Å²) in [5.41, 5.74) is 29.1. The van der Waals surface area contributed by atoms with Crippen molar-refractivity contribution >= 4 is 79.0 Å². The van der Waals surface area contributed by atoms with Crippen LogP contribution in [0.5, 0.6) is 0 Å². The van der Waals surface area contributed by atoms with Crippen molar-refractivity contribution in [3.05, 3.63) is 343 Å². The molecular formula is C108H96BF3N6. The molecule has 0 aliphatic carbocycles. The average molecular weight is 1550 g/mol. The molecule has 16 aromatic rings. The Balaban J connectivity index is 0.934. The Morgan fingerprint density at radius 1 is 0.246 bits per heavy atom. The molecule has 118 heavy (non-hydrogen) atoms. The summed E-state index contributed by atoms with van der Waals surface area (Å²) in [7, 11) is 0. The van der Waals surface area contributed by atoms with Crippen molar-refractivity contribution in [3.8, 4) is 95.5 Å². The summed E-state index contributed by atoms with van der Waals surface area (Å²) in [4.78, 5) is 20.3. The summed E-state index contributed by atoms with van der Waals surface area (Å²) in [6.45, 7) is 34.1. The molecule has 2 aromatic heterocycles. The monoisotopic (exact) mass is 1540 g/mol. The van der Waals surface area contributed by atoms with Gasteiger partial charge in [0.1, 0.15) is 0 Å². The van der Waals surface area contributed by atoms with Crippen molar-refractivity contribution in [2.45, 2.75) is 137 Å². The maximum atomic E-state index is 15.6. The number of anilines is 6. The zero-order valence-corrected chi connectivity index (χ0v) is 69.8. The predicted molar refractivity (Wildman–Crippen MR) is 490 cm³/mol. The van der Waals surface area contributed by atoms with Gasteiger partial charge in [-0.15, -0.1) is 0 Å². The Morgan fingerprint density at radius 3 is 0.983 bits per heavy atom. The van der Waals surface area contributed by atoms with E-state index in [0.717, 1.165) is 106 Å². The van der Waals surface area contributed by atoms with Gasteiger partial charge in [-0.05, 0) is 218 Å². The van der Waals surface area contributed by atoms with Crippen molar-refractivity contribution in [1.29, 1.82) is 0 Å². The second kappa shape index (κ2) is 28.6. The number of rotatable bonds is 11. The van der Waals surface area contributed by atoms with E-state index >= 15 is 13.2 Å². The number of fused-ring (bicyclic) bond motifs is 7. The Labute approximate surface area is 692 Å². The average Bonchev–Trinajstić information content (AvgIpc) is 0.778. The highest BCUT2D eigenvalue weighted by Crippen LogP contribution is 2.51. The molecule has 6 nitrogen and oxygen atoms in total. The highest BCUT2D eigenvalue weighted by atomic mass is 19.4. The van der Waals surface area contributed by atoms with Crippen LogP contribution >= 0.6 is 0 Å². The van der Waals surface area contributed by atoms with Crippen LogP contribution < -0.4 is 26.2 Å². The van der Waals surface area contributed by atoms with Gasteiger partial charge < -0.3 is 14.4 Å². The third-order valence-electron chi connectivity index (χ3n) is 24.0. The molecule has 0 atom stereocenters. The first-order valence-corrected chi connectivity index (χ1v) is 41.1. The van der Waals surface area contributed by atoms with Gasteiger partial charge in [0.15, 0.2) is 17.5 Å². The molecule has 0 saturated heterocycles. The van der Waals surface area contributed by atoms with Gasteiger partial charge in [0, 0.05) is 61.6 Å². The fourth-order valence-corrected chi connectivity index (χ4v) is 17.2.